The van der Waals surface area contributed by atoms with Gasteiger partial charge >= 0.3 is 5.97 Å². The highest BCUT2D eigenvalue weighted by atomic mass is 32.2. The minimum absolute atomic E-state index is 0.0621. The fourth-order valence-electron chi connectivity index (χ4n) is 2.88. The molecule has 1 fully saturated rings. The van der Waals surface area contributed by atoms with Crippen LogP contribution >= 0.6 is 0 Å². The summed E-state index contributed by atoms with van der Waals surface area (Å²) in [5, 5.41) is 0. The van der Waals surface area contributed by atoms with Crippen molar-refractivity contribution in [3.63, 3.8) is 0 Å². The van der Waals surface area contributed by atoms with Crippen LogP contribution in [0.4, 0.5) is 0 Å². The van der Waals surface area contributed by atoms with Crippen LogP contribution in [0.1, 0.15) is 13.3 Å². The molecule has 29 heavy (non-hydrogen) atoms. The molecule has 2 aliphatic rings. The summed E-state index contributed by atoms with van der Waals surface area (Å²) < 4.78 is 48.2. The molecule has 1 unspecified atom stereocenters. The smallest absolute Gasteiger partial charge is 0.321 e. The van der Waals surface area contributed by atoms with E-state index in [-0.39, 0.29) is 16.9 Å². The average molecular weight is 428 g/mol. The van der Waals surface area contributed by atoms with E-state index in [1.165, 1.54) is 18.2 Å². The van der Waals surface area contributed by atoms with E-state index in [0.29, 0.717) is 50.8 Å². The van der Waals surface area contributed by atoms with Gasteiger partial charge in [0.25, 0.3) is 5.91 Å². The van der Waals surface area contributed by atoms with Gasteiger partial charge in [-0.15, -0.1) is 0 Å². The molecule has 0 bridgehead atoms. The van der Waals surface area contributed by atoms with Crippen LogP contribution < -0.4 is 14.2 Å². The summed E-state index contributed by atoms with van der Waals surface area (Å²) in [5.41, 5.74) is 0. The molecule has 3 rings (SSSR count). The Morgan fingerprint density at radius 1 is 1.21 bits per heavy atom. The van der Waals surface area contributed by atoms with Gasteiger partial charge in [0.15, 0.2) is 18.1 Å². The quantitative estimate of drug-likeness (QED) is 0.625. The monoisotopic (exact) mass is 428 g/mol. The summed E-state index contributed by atoms with van der Waals surface area (Å²) in [5.74, 6) is -0.396. The second kappa shape index (κ2) is 9.42. The van der Waals surface area contributed by atoms with Crippen molar-refractivity contribution in [2.45, 2.75) is 24.3 Å². The minimum Gasteiger partial charge on any atom is -0.490 e. The van der Waals surface area contributed by atoms with Gasteiger partial charge in [0.1, 0.15) is 6.54 Å². The predicted octanol–water partition coefficient (Wildman–Crippen LogP) is -0.0833. The van der Waals surface area contributed by atoms with E-state index in [1.54, 1.807) is 4.90 Å². The number of carbonyl (C=O) groups is 2. The number of esters is 1. The minimum atomic E-state index is -3.97. The number of sulfonamides is 1. The Hall–Kier alpha value is -2.37. The van der Waals surface area contributed by atoms with Crippen LogP contribution in [-0.2, 0) is 29.1 Å². The van der Waals surface area contributed by atoms with E-state index in [2.05, 4.69) is 4.72 Å². The zero-order chi connectivity index (χ0) is 20.9. The van der Waals surface area contributed by atoms with Gasteiger partial charge in [-0.25, -0.2) is 8.42 Å². The Labute approximate surface area is 169 Å². The van der Waals surface area contributed by atoms with Gasteiger partial charge in [-0.1, -0.05) is 0 Å². The molecular weight excluding hydrogens is 404 g/mol. The number of amides is 1. The molecule has 1 saturated heterocycles. The van der Waals surface area contributed by atoms with Crippen LogP contribution in [0, 0.1) is 0 Å². The highest BCUT2D eigenvalue weighted by molar-refractivity contribution is 7.89. The van der Waals surface area contributed by atoms with Gasteiger partial charge in [-0.3, -0.25) is 9.59 Å². The number of hydrogen-bond acceptors (Lipinski definition) is 8. The largest absolute Gasteiger partial charge is 0.490 e. The lowest BCUT2D eigenvalue weighted by atomic mass is 10.3. The zero-order valence-corrected chi connectivity index (χ0v) is 16.9. The Morgan fingerprint density at radius 2 is 1.97 bits per heavy atom. The molecule has 0 aliphatic carbocycles. The highest BCUT2D eigenvalue weighted by Gasteiger charge is 2.23. The van der Waals surface area contributed by atoms with Crippen LogP contribution in [0.3, 0.4) is 0 Å². The van der Waals surface area contributed by atoms with Crippen molar-refractivity contribution in [3.8, 4) is 11.5 Å². The van der Waals surface area contributed by atoms with E-state index in [9.17, 15) is 18.0 Å². The first-order valence-corrected chi connectivity index (χ1v) is 10.8. The molecule has 0 spiro atoms. The number of benzene rings is 1. The number of ether oxygens (including phenoxy) is 4. The maximum Gasteiger partial charge on any atom is 0.321 e. The molecule has 0 radical (unpaired) electrons. The van der Waals surface area contributed by atoms with Crippen LogP contribution in [-0.4, -0.2) is 77.4 Å². The normalized spacial score (nSPS) is 19.3. The number of nitrogens with zero attached hydrogens (tertiary/aromatic N) is 1. The van der Waals surface area contributed by atoms with Gasteiger partial charge in [0.2, 0.25) is 10.0 Å². The molecule has 0 saturated carbocycles. The molecule has 1 aromatic carbocycles. The fourth-order valence-corrected chi connectivity index (χ4v) is 3.86. The molecule has 160 valence electrons. The third-order valence-corrected chi connectivity index (χ3v) is 5.79. The molecule has 2 heterocycles. The lowest BCUT2D eigenvalue weighted by Gasteiger charge is -2.30. The van der Waals surface area contributed by atoms with Gasteiger partial charge in [-0.05, 0) is 19.1 Å². The molecule has 0 aromatic heterocycles. The van der Waals surface area contributed by atoms with Crippen LogP contribution in [0.2, 0.25) is 0 Å². The van der Waals surface area contributed by atoms with Gasteiger partial charge in [0, 0.05) is 25.6 Å². The maximum absolute atomic E-state index is 12.4. The van der Waals surface area contributed by atoms with E-state index < -0.39 is 29.1 Å². The second-order valence-corrected chi connectivity index (χ2v) is 8.43. The van der Waals surface area contributed by atoms with Gasteiger partial charge in [0.05, 0.1) is 30.8 Å². The number of rotatable bonds is 6. The molecule has 2 aliphatic heterocycles. The molecule has 10 nitrogen and oxygen atoms in total. The van der Waals surface area contributed by atoms with Crippen molar-refractivity contribution < 1.29 is 37.0 Å². The maximum atomic E-state index is 12.4. The van der Waals surface area contributed by atoms with E-state index in [0.717, 1.165) is 0 Å². The SMILES string of the molecule is CC1CN(C(=O)COC(=O)CNS(=O)(=O)c2ccc3c(c2)OCCCO3)CCO1. The summed E-state index contributed by atoms with van der Waals surface area (Å²) in [6, 6.07) is 4.22. The van der Waals surface area contributed by atoms with E-state index in [1.807, 2.05) is 6.92 Å². The topological polar surface area (TPSA) is 120 Å². The van der Waals surface area contributed by atoms with Gasteiger partial charge in [-0.2, -0.15) is 4.72 Å². The molecule has 1 amide bonds. The highest BCUT2D eigenvalue weighted by Crippen LogP contribution is 2.31. The predicted molar refractivity (Wildman–Crippen MR) is 100 cm³/mol. The molecule has 1 N–H and O–H groups in total. The summed E-state index contributed by atoms with van der Waals surface area (Å²) in [6.07, 6.45) is 0.619. The Kier molecular flexibility index (Phi) is 6.93. The Bertz CT molecular complexity index is 857. The number of carbonyl (C=O) groups excluding carboxylic acids is 2. The standard InChI is InChI=1S/C18H24N2O8S/c1-13-11-20(5-8-25-13)17(21)12-28-18(22)10-19-29(23,24)14-3-4-15-16(9-14)27-7-2-6-26-15/h3-4,9,13,19H,2,5-8,10-12H2,1H3. The summed E-state index contributed by atoms with van der Waals surface area (Å²) in [4.78, 5) is 25.4. The third kappa shape index (κ3) is 5.81. The Balaban J connectivity index is 1.50. The van der Waals surface area contributed by atoms with Crippen LogP contribution in [0.15, 0.2) is 23.1 Å². The Morgan fingerprint density at radius 3 is 2.72 bits per heavy atom. The second-order valence-electron chi connectivity index (χ2n) is 6.67. The number of hydrogen-bond donors (Lipinski definition) is 1. The van der Waals surface area contributed by atoms with Crippen molar-refractivity contribution >= 4 is 21.9 Å². The first-order chi connectivity index (χ1) is 13.8. The third-order valence-electron chi connectivity index (χ3n) is 4.39. The van der Waals surface area contributed by atoms with Crippen molar-refractivity contribution in [3.05, 3.63) is 18.2 Å². The lowest BCUT2D eigenvalue weighted by Crippen LogP contribution is -2.46. The summed E-state index contributed by atoms with van der Waals surface area (Å²) >= 11 is 0. The van der Waals surface area contributed by atoms with Gasteiger partial charge < -0.3 is 23.8 Å². The van der Waals surface area contributed by atoms with E-state index in [4.69, 9.17) is 18.9 Å². The van der Waals surface area contributed by atoms with Crippen molar-refractivity contribution in [2.24, 2.45) is 0 Å². The van der Waals surface area contributed by atoms with Crippen molar-refractivity contribution in [1.29, 1.82) is 0 Å². The average Bonchev–Trinajstić information content (AvgIpc) is 2.95. The lowest BCUT2D eigenvalue weighted by molar-refractivity contribution is -0.154. The molecule has 1 atom stereocenters. The van der Waals surface area contributed by atoms with Crippen LogP contribution in [0.25, 0.3) is 0 Å². The first-order valence-electron chi connectivity index (χ1n) is 9.29. The molecular formula is C18H24N2O8S. The molecule has 1 aromatic rings. The number of morpholine rings is 1. The summed E-state index contributed by atoms with van der Waals surface area (Å²) in [7, 11) is -3.97. The van der Waals surface area contributed by atoms with Crippen LogP contribution in [0.5, 0.6) is 11.5 Å². The van der Waals surface area contributed by atoms with E-state index >= 15 is 0 Å². The molecule has 11 heteroatoms. The number of fused-ring (bicyclic) bond motifs is 1. The fraction of sp³-hybridized carbons (Fsp3) is 0.556. The zero-order valence-electron chi connectivity index (χ0n) is 16.1. The van der Waals surface area contributed by atoms with Crippen molar-refractivity contribution in [2.75, 3.05) is 46.1 Å². The van der Waals surface area contributed by atoms with Crippen molar-refractivity contribution in [1.82, 2.24) is 9.62 Å². The first kappa shape index (κ1) is 21.3. The number of nitrogens with one attached hydrogen (secondary N) is 1. The summed E-state index contributed by atoms with van der Waals surface area (Å²) in [6.45, 7) is 3.00.